The summed E-state index contributed by atoms with van der Waals surface area (Å²) in [5.74, 6) is 0.375. The largest absolute Gasteiger partial charge is 0.353 e. The molecule has 7 aromatic carbocycles. The topological polar surface area (TPSA) is 19.0 Å². The van der Waals surface area contributed by atoms with Gasteiger partial charge < -0.3 is 9.88 Å². The molecule has 2 aliphatic carbocycles. The zero-order chi connectivity index (χ0) is 46.2. The maximum atomic E-state index is 4.06. The molecule has 1 N–H and O–H groups in total. The highest BCUT2D eigenvalue weighted by atomic mass is 15.2. The molecule has 0 saturated carbocycles. The highest BCUT2D eigenvalue weighted by Crippen LogP contribution is 2.55. The molecule has 2 nitrogen and oxygen atoms in total. The van der Waals surface area contributed by atoms with E-state index in [4.69, 9.17) is 0 Å². The standard InChI is InChI=1S/C63H66BN2/c1-13-29-61(7,8)50-28-26-42(34-48(50)36(2)3)66-53-35-49(43-21-16-14-19-37(43)4)38(5)55(47-24-18-23-45-46-27-25-40-20-15-17-22-44(40)58(46)65-59(45)47)57(53)64-52-33-41-32-51-56(39(6)54(41)60(52)66)63(11,12)31-30-62(51,9)10/h14-28,32,34-36,65H,13,29-31,33H2,1-12H3. The smallest absolute Gasteiger partial charge is 0.192 e. The van der Waals surface area contributed by atoms with Gasteiger partial charge in [0, 0.05) is 44.4 Å². The van der Waals surface area contributed by atoms with Gasteiger partial charge in [0.2, 0.25) is 0 Å². The number of nitrogens with zero attached hydrogens (tertiary/aromatic N) is 1. The lowest BCUT2D eigenvalue weighted by atomic mass is 9.56. The predicted octanol–water partition coefficient (Wildman–Crippen LogP) is 16.7. The summed E-state index contributed by atoms with van der Waals surface area (Å²) in [4.78, 5) is 6.79. The van der Waals surface area contributed by atoms with Crippen LogP contribution in [0.25, 0.3) is 60.5 Å². The van der Waals surface area contributed by atoms with E-state index in [2.05, 4.69) is 209 Å². The minimum absolute atomic E-state index is 0.0742. The lowest BCUT2D eigenvalue weighted by Gasteiger charge is -2.44. The molecule has 1 aromatic heterocycles. The lowest BCUT2D eigenvalue weighted by Crippen LogP contribution is -2.36. The first-order valence-corrected chi connectivity index (χ1v) is 24.9. The molecule has 331 valence electrons. The summed E-state index contributed by atoms with van der Waals surface area (Å²) in [6, 6.07) is 42.1. The second-order valence-electron chi connectivity index (χ2n) is 22.6. The van der Waals surface area contributed by atoms with E-state index in [0.29, 0.717) is 5.92 Å². The fraction of sp³-hybridized carbons (Fsp3) is 0.333. The number of para-hydroxylation sites is 1. The summed E-state index contributed by atoms with van der Waals surface area (Å²) < 4.78 is 0. The average molecular weight is 862 g/mol. The summed E-state index contributed by atoms with van der Waals surface area (Å²) in [5, 5.41) is 5.05. The van der Waals surface area contributed by atoms with Crippen LogP contribution in [0.1, 0.15) is 144 Å². The van der Waals surface area contributed by atoms with Crippen molar-refractivity contribution in [3.05, 3.63) is 165 Å². The maximum Gasteiger partial charge on any atom is 0.192 e. The maximum absolute atomic E-state index is 4.06. The SMILES string of the molecule is CCCC(C)(C)c1ccc(N2C3=C([B]c4c2cc(-c2ccccc2C)c(C)c4-c2cccc4c2[nH]c2c5ccccc5ccc42)Cc2cc4c(c(C)c23)C(C)(C)CCC4(C)C)cc1C(C)C. The molecule has 0 amide bonds. The number of aromatic amines is 1. The van der Waals surface area contributed by atoms with Gasteiger partial charge in [0.1, 0.15) is 0 Å². The molecule has 11 rings (SSSR count). The predicted molar refractivity (Wildman–Crippen MR) is 287 cm³/mol. The Balaban J connectivity index is 1.25. The molecule has 1 aliphatic heterocycles. The summed E-state index contributed by atoms with van der Waals surface area (Å²) >= 11 is 0. The van der Waals surface area contributed by atoms with Crippen LogP contribution in [0.3, 0.4) is 0 Å². The molecular weight excluding hydrogens is 796 g/mol. The lowest BCUT2D eigenvalue weighted by molar-refractivity contribution is 0.330. The van der Waals surface area contributed by atoms with Crippen LogP contribution in [0.15, 0.2) is 115 Å². The minimum atomic E-state index is 0.0742. The molecular formula is C63H66BN2. The number of rotatable bonds is 7. The van der Waals surface area contributed by atoms with Crippen molar-refractivity contribution in [3.8, 4) is 22.3 Å². The Hall–Kier alpha value is -5.80. The van der Waals surface area contributed by atoms with Crippen LogP contribution in [0.2, 0.25) is 0 Å². The number of hydrogen-bond donors (Lipinski definition) is 1. The quantitative estimate of drug-likeness (QED) is 0.158. The Kier molecular flexibility index (Phi) is 9.80. The first-order chi connectivity index (χ1) is 31.5. The zero-order valence-electron chi connectivity index (χ0n) is 41.5. The zero-order valence-corrected chi connectivity index (χ0v) is 41.5. The molecule has 0 atom stereocenters. The van der Waals surface area contributed by atoms with Crippen LogP contribution in [0.5, 0.6) is 0 Å². The van der Waals surface area contributed by atoms with E-state index in [-0.39, 0.29) is 16.2 Å². The number of aryl methyl sites for hydroxylation is 1. The van der Waals surface area contributed by atoms with Crippen molar-refractivity contribution in [1.29, 1.82) is 0 Å². The third kappa shape index (κ3) is 6.35. The summed E-state index contributed by atoms with van der Waals surface area (Å²) in [5.41, 5.74) is 27.5. The van der Waals surface area contributed by atoms with Gasteiger partial charge >= 0.3 is 0 Å². The molecule has 0 saturated heterocycles. The summed E-state index contributed by atoms with van der Waals surface area (Å²) in [6.45, 7) is 29.1. The summed E-state index contributed by atoms with van der Waals surface area (Å²) in [6.07, 6.45) is 5.64. The molecule has 2 heterocycles. The number of anilines is 2. The monoisotopic (exact) mass is 862 g/mol. The van der Waals surface area contributed by atoms with Crippen LogP contribution < -0.4 is 10.4 Å². The normalized spacial score (nSPS) is 16.2. The van der Waals surface area contributed by atoms with Gasteiger partial charge in [0.05, 0.1) is 11.0 Å². The van der Waals surface area contributed by atoms with Gasteiger partial charge in [-0.2, -0.15) is 0 Å². The molecule has 66 heavy (non-hydrogen) atoms. The number of aromatic nitrogens is 1. The van der Waals surface area contributed by atoms with E-state index in [1.165, 1.54) is 135 Å². The van der Waals surface area contributed by atoms with E-state index >= 15 is 0 Å². The molecule has 8 aromatic rings. The van der Waals surface area contributed by atoms with E-state index in [0.717, 1.165) is 19.3 Å². The highest BCUT2D eigenvalue weighted by Gasteiger charge is 2.44. The van der Waals surface area contributed by atoms with Crippen molar-refractivity contribution in [2.24, 2.45) is 0 Å². The van der Waals surface area contributed by atoms with Gasteiger partial charge in [-0.05, 0) is 153 Å². The van der Waals surface area contributed by atoms with Gasteiger partial charge in [0.25, 0.3) is 0 Å². The van der Waals surface area contributed by atoms with Crippen molar-refractivity contribution in [1.82, 2.24) is 4.98 Å². The van der Waals surface area contributed by atoms with E-state index < -0.39 is 0 Å². The first kappa shape index (κ1) is 42.8. The molecule has 0 fully saturated rings. The number of benzene rings is 7. The average Bonchev–Trinajstić information content (AvgIpc) is 3.86. The Labute approximate surface area is 394 Å². The Bertz CT molecular complexity index is 3370. The van der Waals surface area contributed by atoms with Crippen molar-refractivity contribution >= 4 is 62.4 Å². The number of allylic oxidation sites excluding steroid dienone is 1. The number of fused-ring (bicyclic) bond motifs is 9. The molecule has 0 bridgehead atoms. The highest BCUT2D eigenvalue weighted by molar-refractivity contribution is 6.68. The Morgan fingerprint density at radius 1 is 0.697 bits per heavy atom. The van der Waals surface area contributed by atoms with E-state index in [1.54, 1.807) is 11.1 Å². The molecule has 3 aliphatic rings. The number of nitrogens with one attached hydrogen (secondary N) is 1. The number of hydrogen-bond acceptors (Lipinski definition) is 1. The second-order valence-corrected chi connectivity index (χ2v) is 22.6. The molecule has 1 radical (unpaired) electrons. The van der Waals surface area contributed by atoms with Gasteiger partial charge in [-0.15, -0.1) is 0 Å². The second kappa shape index (κ2) is 15.1. The van der Waals surface area contributed by atoms with Crippen LogP contribution in [0, 0.1) is 20.8 Å². The van der Waals surface area contributed by atoms with Crippen molar-refractivity contribution in [2.75, 3.05) is 4.90 Å². The van der Waals surface area contributed by atoms with Crippen LogP contribution in [0.4, 0.5) is 11.4 Å². The Morgan fingerprint density at radius 3 is 2.18 bits per heavy atom. The van der Waals surface area contributed by atoms with Crippen molar-refractivity contribution in [3.63, 3.8) is 0 Å². The van der Waals surface area contributed by atoms with Crippen molar-refractivity contribution in [2.45, 2.75) is 137 Å². The number of H-pyrrole nitrogens is 1. The third-order valence-corrected chi connectivity index (χ3v) is 16.5. The molecule has 0 spiro atoms. The fourth-order valence-corrected chi connectivity index (χ4v) is 13.1. The van der Waals surface area contributed by atoms with Gasteiger partial charge in [-0.25, -0.2) is 0 Å². The van der Waals surface area contributed by atoms with E-state index in [1.807, 2.05) is 0 Å². The van der Waals surface area contributed by atoms with Crippen LogP contribution in [-0.4, -0.2) is 12.3 Å². The third-order valence-electron chi connectivity index (χ3n) is 16.5. The van der Waals surface area contributed by atoms with Crippen LogP contribution >= 0.6 is 0 Å². The summed E-state index contributed by atoms with van der Waals surface area (Å²) in [7, 11) is 2.61. The molecule has 0 unspecified atom stereocenters. The van der Waals surface area contributed by atoms with Crippen LogP contribution in [-0.2, 0) is 22.7 Å². The first-order valence-electron chi connectivity index (χ1n) is 24.9. The Morgan fingerprint density at radius 2 is 1.41 bits per heavy atom. The van der Waals surface area contributed by atoms with Gasteiger partial charge in [-0.3, -0.25) is 0 Å². The van der Waals surface area contributed by atoms with Gasteiger partial charge in [0.15, 0.2) is 7.28 Å². The van der Waals surface area contributed by atoms with E-state index in [9.17, 15) is 0 Å². The van der Waals surface area contributed by atoms with Gasteiger partial charge in [-0.1, -0.05) is 171 Å². The fourth-order valence-electron chi connectivity index (χ4n) is 13.1. The minimum Gasteiger partial charge on any atom is -0.353 e. The molecule has 3 heteroatoms. The van der Waals surface area contributed by atoms with Crippen molar-refractivity contribution < 1.29 is 0 Å².